The molecule has 55 heavy (non-hydrogen) atoms. The molecule has 0 saturated carbocycles. The summed E-state index contributed by atoms with van der Waals surface area (Å²) in [5, 5.41) is 59.4. The fraction of sp³-hybridized carbons (Fsp3) is 0.0588. The molecule has 0 aliphatic rings. The monoisotopic (exact) mass is 910 g/mol. The Bertz CT molecular complexity index is 2610. The zero-order valence-corrected chi connectivity index (χ0v) is 34.5. The number of azo groups is 2. The maximum absolute atomic E-state index is 11.4. The topological polar surface area (TPSA) is 291 Å². The predicted octanol–water partition coefficient (Wildman–Crippen LogP) is 7.78. The quantitative estimate of drug-likeness (QED) is 0.0486. The van der Waals surface area contributed by atoms with Gasteiger partial charge in [0, 0.05) is 35.0 Å². The number of benzene rings is 6. The molecule has 0 aliphatic carbocycles. The first-order valence-corrected chi connectivity index (χ1v) is 17.9. The predicted molar refractivity (Wildman–Crippen MR) is 197 cm³/mol. The number of fused-ring (bicyclic) bond motifs is 2. The Balaban J connectivity index is 0.000000240. The van der Waals surface area contributed by atoms with Crippen molar-refractivity contribution in [3.63, 3.8) is 0 Å². The number of non-ortho nitro benzene ring substituents is 2. The Morgan fingerprint density at radius 3 is 1.22 bits per heavy atom. The van der Waals surface area contributed by atoms with Crippen molar-refractivity contribution in [1.82, 2.24) is 0 Å². The summed E-state index contributed by atoms with van der Waals surface area (Å²) in [6.45, 7) is 3.28. The van der Waals surface area contributed by atoms with Gasteiger partial charge in [-0.1, -0.05) is 48.5 Å². The minimum absolute atomic E-state index is 0. The fourth-order valence-electron chi connectivity index (χ4n) is 5.20. The van der Waals surface area contributed by atoms with Crippen molar-refractivity contribution >= 4 is 125 Å². The van der Waals surface area contributed by atoms with E-state index in [1.807, 2.05) is 0 Å². The number of nitro groups is 2. The Labute approximate surface area is 351 Å². The maximum Gasteiger partial charge on any atom is 2.00 e. The second-order valence-corrected chi connectivity index (χ2v) is 14.2. The van der Waals surface area contributed by atoms with Gasteiger partial charge in [-0.15, -0.1) is 10.2 Å². The molecule has 6 rings (SSSR count). The Morgan fingerprint density at radius 2 is 0.891 bits per heavy atom. The molecule has 0 aromatic heterocycles. The molecule has 0 bridgehead atoms. The fourth-order valence-corrected chi connectivity index (χ4v) is 6.41. The minimum Gasteiger partial charge on any atom is -0.744 e. The van der Waals surface area contributed by atoms with Crippen LogP contribution in [-0.4, -0.2) is 94.9 Å². The minimum atomic E-state index is -4.95. The molecule has 6 aromatic rings. The van der Waals surface area contributed by atoms with Gasteiger partial charge in [-0.3, -0.25) is 20.2 Å². The molecule has 0 fully saturated rings. The van der Waals surface area contributed by atoms with Crippen LogP contribution in [0.5, 0.6) is 11.5 Å². The Kier molecular flexibility index (Phi) is 13.2. The zero-order chi connectivity index (χ0) is 39.5. The van der Waals surface area contributed by atoms with Crippen LogP contribution in [0.4, 0.5) is 34.1 Å². The van der Waals surface area contributed by atoms with Crippen molar-refractivity contribution in [3.8, 4) is 11.5 Å². The molecule has 18 nitrogen and oxygen atoms in total. The molecule has 0 saturated heterocycles. The number of rotatable bonds is 8. The van der Waals surface area contributed by atoms with Crippen LogP contribution in [-0.2, 0) is 20.2 Å². The van der Waals surface area contributed by atoms with Gasteiger partial charge >= 0.3 is 48.9 Å². The molecular formula is C34H24BaN6O12S2. The second-order valence-electron chi connectivity index (χ2n) is 11.5. The molecule has 0 spiro atoms. The third kappa shape index (κ3) is 10.1. The molecule has 276 valence electrons. The molecular weight excluding hydrogens is 886 g/mol. The average Bonchev–Trinajstić information content (AvgIpc) is 3.09. The van der Waals surface area contributed by atoms with E-state index >= 15 is 0 Å². The summed E-state index contributed by atoms with van der Waals surface area (Å²) in [5.74, 6) is -1.65. The van der Waals surface area contributed by atoms with Crippen LogP contribution in [0, 0.1) is 34.1 Å². The van der Waals surface area contributed by atoms with Crippen molar-refractivity contribution in [1.29, 1.82) is 0 Å². The first-order valence-electron chi connectivity index (χ1n) is 15.1. The standard InChI is InChI=1S/2C17H13N3O6S.Ba/c2*1-10-6-12(9-13(7-10)20(22)23)18-19-16-14-5-3-2-4-11(14)8-15(17(16)21)27(24,25)26;/h2*2-9,21H,1H3,(H,24,25,26);/q;;+2/p-2. The summed E-state index contributed by atoms with van der Waals surface area (Å²) in [4.78, 5) is 19.1. The molecule has 0 aliphatic heterocycles. The maximum atomic E-state index is 11.4. The molecule has 0 atom stereocenters. The molecule has 0 heterocycles. The van der Waals surface area contributed by atoms with Crippen molar-refractivity contribution in [2.45, 2.75) is 23.6 Å². The first-order chi connectivity index (χ1) is 25.3. The van der Waals surface area contributed by atoms with E-state index in [0.29, 0.717) is 32.7 Å². The van der Waals surface area contributed by atoms with Crippen LogP contribution in [0.25, 0.3) is 21.5 Å². The number of aromatic hydroxyl groups is 2. The number of hydrogen-bond donors (Lipinski definition) is 2. The van der Waals surface area contributed by atoms with Crippen molar-refractivity contribution in [2.75, 3.05) is 0 Å². The largest absolute Gasteiger partial charge is 2.00 e. The summed E-state index contributed by atoms with van der Waals surface area (Å²) in [6.07, 6.45) is 0. The smallest absolute Gasteiger partial charge is 0.744 e. The van der Waals surface area contributed by atoms with Crippen LogP contribution in [0.2, 0.25) is 0 Å². The Hall–Kier alpha value is -5.17. The third-order valence-electron chi connectivity index (χ3n) is 7.51. The van der Waals surface area contributed by atoms with Gasteiger partial charge in [0.05, 0.1) is 31.0 Å². The van der Waals surface area contributed by atoms with Gasteiger partial charge < -0.3 is 19.3 Å². The Morgan fingerprint density at radius 1 is 0.545 bits per heavy atom. The van der Waals surface area contributed by atoms with Gasteiger partial charge in [-0.2, -0.15) is 10.2 Å². The summed E-state index contributed by atoms with van der Waals surface area (Å²) >= 11 is 0. The van der Waals surface area contributed by atoms with Crippen LogP contribution >= 0.6 is 0 Å². The van der Waals surface area contributed by atoms with Crippen LogP contribution in [0.1, 0.15) is 11.1 Å². The van der Waals surface area contributed by atoms with Gasteiger partial charge in [-0.05, 0) is 60.0 Å². The number of nitro benzene ring substituents is 2. The van der Waals surface area contributed by atoms with E-state index in [0.717, 1.165) is 12.1 Å². The number of phenols is 2. The number of phenolic OH excluding ortho intramolecular Hbond substituents is 2. The molecule has 6 aromatic carbocycles. The van der Waals surface area contributed by atoms with E-state index in [1.165, 1.54) is 36.4 Å². The van der Waals surface area contributed by atoms with E-state index in [1.54, 1.807) is 62.4 Å². The van der Waals surface area contributed by atoms with Gasteiger partial charge in [-0.25, -0.2) is 16.8 Å². The summed E-state index contributed by atoms with van der Waals surface area (Å²) in [7, 11) is -9.89. The van der Waals surface area contributed by atoms with Crippen LogP contribution in [0.3, 0.4) is 0 Å². The SMILES string of the molecule is Cc1cc(N=Nc2c(O)c(S(=O)(=O)[O-])cc3ccccc23)cc([N+](=O)[O-])c1.Cc1cc(N=Nc2c(O)c(S(=O)(=O)[O-])cc3ccccc23)cc([N+](=O)[O-])c1.[Ba+2]. The van der Waals surface area contributed by atoms with Gasteiger partial charge in [0.15, 0.2) is 11.5 Å². The van der Waals surface area contributed by atoms with Gasteiger partial charge in [0.1, 0.15) is 31.6 Å². The summed E-state index contributed by atoms with van der Waals surface area (Å²) < 4.78 is 68.6. The third-order valence-corrected chi connectivity index (χ3v) is 9.21. The number of hydrogen-bond acceptors (Lipinski definition) is 16. The molecule has 0 unspecified atom stereocenters. The second kappa shape index (κ2) is 17.1. The van der Waals surface area contributed by atoms with Crippen LogP contribution in [0.15, 0.2) is 127 Å². The van der Waals surface area contributed by atoms with E-state index in [2.05, 4.69) is 20.5 Å². The summed E-state index contributed by atoms with van der Waals surface area (Å²) in [5.41, 5.74) is 0.619. The van der Waals surface area contributed by atoms with Crippen molar-refractivity contribution in [2.24, 2.45) is 20.5 Å². The average molecular weight is 910 g/mol. The molecule has 2 N–H and O–H groups in total. The first kappa shape index (κ1) is 42.6. The van der Waals surface area contributed by atoms with Gasteiger partial charge in [0.2, 0.25) is 0 Å². The normalized spacial score (nSPS) is 11.7. The molecule has 0 radical (unpaired) electrons. The van der Waals surface area contributed by atoms with E-state index < -0.39 is 51.4 Å². The van der Waals surface area contributed by atoms with E-state index in [4.69, 9.17) is 0 Å². The zero-order valence-electron chi connectivity index (χ0n) is 28.4. The van der Waals surface area contributed by atoms with Crippen molar-refractivity contribution in [3.05, 3.63) is 128 Å². The van der Waals surface area contributed by atoms with Crippen molar-refractivity contribution < 1.29 is 46.0 Å². The molecule has 21 heteroatoms. The van der Waals surface area contributed by atoms with Gasteiger partial charge in [0.25, 0.3) is 11.4 Å². The molecule has 0 amide bonds. The van der Waals surface area contributed by atoms with Crippen LogP contribution < -0.4 is 0 Å². The number of aryl methyl sites for hydroxylation is 2. The number of nitrogens with zero attached hydrogens (tertiary/aromatic N) is 6. The summed E-state index contributed by atoms with van der Waals surface area (Å²) in [6, 6.07) is 23.1. The van der Waals surface area contributed by atoms with E-state index in [-0.39, 0.29) is 83.0 Å². The van der Waals surface area contributed by atoms with E-state index in [9.17, 15) is 56.4 Å².